The van der Waals surface area contributed by atoms with E-state index in [0.29, 0.717) is 6.54 Å². The molecule has 0 atom stereocenters. The van der Waals surface area contributed by atoms with E-state index in [1.807, 2.05) is 30.3 Å². The third-order valence-corrected chi connectivity index (χ3v) is 4.09. The van der Waals surface area contributed by atoms with Gasteiger partial charge in [0.25, 0.3) is 5.91 Å². The zero-order valence-corrected chi connectivity index (χ0v) is 15.1. The normalized spacial score (nSPS) is 10.4. The van der Waals surface area contributed by atoms with Gasteiger partial charge in [-0.25, -0.2) is 14.2 Å². The van der Waals surface area contributed by atoms with Crippen LogP contribution in [-0.4, -0.2) is 29.0 Å². The molecular weight excluding hydrogens is 361 g/mol. The molecule has 0 aliphatic rings. The minimum atomic E-state index is -1.15. The molecule has 3 rings (SSSR count). The van der Waals surface area contributed by atoms with E-state index in [0.717, 1.165) is 5.56 Å². The second kappa shape index (κ2) is 8.30. The molecule has 3 aromatic rings. The van der Waals surface area contributed by atoms with Crippen molar-refractivity contribution in [3.63, 3.8) is 0 Å². The fourth-order valence-electron chi connectivity index (χ4n) is 2.72. The number of aromatic carboxylic acids is 1. The Labute approximate surface area is 161 Å². The summed E-state index contributed by atoms with van der Waals surface area (Å²) in [7, 11) is 1.75. The fraction of sp³-hybridized carbons (Fsp3) is 0.0952. The van der Waals surface area contributed by atoms with E-state index in [-0.39, 0.29) is 22.6 Å². The van der Waals surface area contributed by atoms with Gasteiger partial charge in [-0.05, 0) is 35.9 Å². The van der Waals surface area contributed by atoms with E-state index in [9.17, 15) is 19.1 Å². The molecular formula is C21H18FN3O3. The van der Waals surface area contributed by atoms with Gasteiger partial charge < -0.3 is 15.3 Å². The number of hydrogen-bond donors (Lipinski definition) is 2. The Morgan fingerprint density at radius 3 is 2.43 bits per heavy atom. The van der Waals surface area contributed by atoms with Crippen molar-refractivity contribution in [2.45, 2.75) is 6.54 Å². The van der Waals surface area contributed by atoms with Gasteiger partial charge in [-0.1, -0.05) is 30.3 Å². The van der Waals surface area contributed by atoms with Crippen LogP contribution in [0.15, 0.2) is 66.9 Å². The van der Waals surface area contributed by atoms with Gasteiger partial charge in [-0.3, -0.25) is 4.79 Å². The Morgan fingerprint density at radius 2 is 1.79 bits per heavy atom. The van der Waals surface area contributed by atoms with Crippen LogP contribution in [0.25, 0.3) is 0 Å². The third kappa shape index (κ3) is 4.50. The molecule has 2 aromatic carbocycles. The van der Waals surface area contributed by atoms with E-state index >= 15 is 0 Å². The number of hydrogen-bond acceptors (Lipinski definition) is 4. The summed E-state index contributed by atoms with van der Waals surface area (Å²) in [6, 6.07) is 16.0. The number of carbonyl (C=O) groups is 2. The minimum absolute atomic E-state index is 0.0321. The van der Waals surface area contributed by atoms with Crippen LogP contribution in [-0.2, 0) is 6.54 Å². The number of pyridine rings is 1. The quantitative estimate of drug-likeness (QED) is 0.681. The smallest absolute Gasteiger partial charge is 0.339 e. The molecule has 1 aromatic heterocycles. The largest absolute Gasteiger partial charge is 0.478 e. The summed E-state index contributed by atoms with van der Waals surface area (Å²) in [5.74, 6) is -1.79. The number of nitrogens with zero attached hydrogens (tertiary/aromatic N) is 2. The number of carbonyl (C=O) groups excluding carboxylic acids is 1. The average Bonchev–Trinajstić information content (AvgIpc) is 2.69. The Kier molecular flexibility index (Phi) is 5.64. The summed E-state index contributed by atoms with van der Waals surface area (Å²) in [4.78, 5) is 29.9. The number of amides is 1. The van der Waals surface area contributed by atoms with Gasteiger partial charge in [0, 0.05) is 19.2 Å². The summed E-state index contributed by atoms with van der Waals surface area (Å²) in [5, 5.41) is 12.1. The van der Waals surface area contributed by atoms with Crippen LogP contribution >= 0.6 is 0 Å². The molecule has 0 unspecified atom stereocenters. The lowest BCUT2D eigenvalue weighted by Crippen LogP contribution is -2.21. The van der Waals surface area contributed by atoms with Crippen molar-refractivity contribution in [3.05, 3.63) is 89.4 Å². The predicted octanol–water partition coefficient (Wildman–Crippen LogP) is 3.81. The predicted molar refractivity (Wildman–Crippen MR) is 104 cm³/mol. The third-order valence-electron chi connectivity index (χ3n) is 4.09. The molecule has 0 fully saturated rings. The molecule has 1 heterocycles. The lowest BCUT2D eigenvalue weighted by atomic mass is 10.1. The summed E-state index contributed by atoms with van der Waals surface area (Å²) < 4.78 is 13.0. The van der Waals surface area contributed by atoms with Gasteiger partial charge >= 0.3 is 5.97 Å². The molecule has 0 radical (unpaired) electrons. The van der Waals surface area contributed by atoms with Crippen LogP contribution in [0.4, 0.5) is 15.9 Å². The number of carboxylic acid groups (broad SMARTS) is 1. The topological polar surface area (TPSA) is 82.5 Å². The van der Waals surface area contributed by atoms with Crippen LogP contribution in [0, 0.1) is 5.82 Å². The molecule has 0 saturated heterocycles. The monoisotopic (exact) mass is 379 g/mol. The van der Waals surface area contributed by atoms with Crippen molar-refractivity contribution in [1.82, 2.24) is 4.98 Å². The molecule has 6 nitrogen and oxygen atoms in total. The zero-order valence-electron chi connectivity index (χ0n) is 15.1. The van der Waals surface area contributed by atoms with Crippen molar-refractivity contribution < 1.29 is 19.1 Å². The highest BCUT2D eigenvalue weighted by molar-refractivity contribution is 6.05. The first-order valence-electron chi connectivity index (χ1n) is 8.49. The highest BCUT2D eigenvalue weighted by Crippen LogP contribution is 2.22. The molecule has 28 heavy (non-hydrogen) atoms. The summed E-state index contributed by atoms with van der Waals surface area (Å²) >= 11 is 0. The maximum absolute atomic E-state index is 13.0. The number of rotatable bonds is 6. The lowest BCUT2D eigenvalue weighted by Gasteiger charge is -2.20. The summed E-state index contributed by atoms with van der Waals surface area (Å²) in [5.41, 5.74) is 1.47. The Bertz CT molecular complexity index is 992. The number of nitrogens with one attached hydrogen (secondary N) is 1. The number of carboxylic acids is 1. The molecule has 7 heteroatoms. The second-order valence-electron chi connectivity index (χ2n) is 6.20. The molecule has 0 aliphatic heterocycles. The number of halogens is 1. The summed E-state index contributed by atoms with van der Waals surface area (Å²) in [6.07, 6.45) is 1.39. The van der Waals surface area contributed by atoms with E-state index < -0.39 is 17.7 Å². The Hall–Kier alpha value is -3.74. The molecule has 0 aliphatic carbocycles. The van der Waals surface area contributed by atoms with E-state index in [4.69, 9.17) is 0 Å². The van der Waals surface area contributed by atoms with Gasteiger partial charge in [0.1, 0.15) is 17.2 Å². The van der Waals surface area contributed by atoms with Crippen LogP contribution < -0.4 is 10.2 Å². The molecule has 1 amide bonds. The Balaban J connectivity index is 1.81. The van der Waals surface area contributed by atoms with Gasteiger partial charge in [-0.15, -0.1) is 0 Å². The van der Waals surface area contributed by atoms with Gasteiger partial charge in [0.2, 0.25) is 0 Å². The van der Waals surface area contributed by atoms with Crippen LogP contribution in [0.2, 0.25) is 0 Å². The summed E-state index contributed by atoms with van der Waals surface area (Å²) in [6.45, 7) is 0.482. The fourth-order valence-corrected chi connectivity index (χ4v) is 2.72. The van der Waals surface area contributed by atoms with Crippen LogP contribution in [0.3, 0.4) is 0 Å². The first-order valence-corrected chi connectivity index (χ1v) is 8.49. The number of aromatic nitrogens is 1. The molecule has 0 spiro atoms. The van der Waals surface area contributed by atoms with Gasteiger partial charge in [-0.2, -0.15) is 0 Å². The van der Waals surface area contributed by atoms with Crippen LogP contribution in [0.1, 0.15) is 26.3 Å². The lowest BCUT2D eigenvalue weighted by molar-refractivity contribution is 0.0696. The van der Waals surface area contributed by atoms with Crippen molar-refractivity contribution in [2.24, 2.45) is 0 Å². The first-order chi connectivity index (χ1) is 13.4. The van der Waals surface area contributed by atoms with Crippen molar-refractivity contribution >= 4 is 23.4 Å². The SMILES string of the molecule is CN(Cc1ccccc1)c1ncc(NC(=O)c2ccc(F)cc2)cc1C(=O)O. The molecule has 0 saturated carbocycles. The second-order valence-corrected chi connectivity index (χ2v) is 6.20. The van der Waals surface area contributed by atoms with Gasteiger partial charge in [0.05, 0.1) is 11.9 Å². The average molecular weight is 379 g/mol. The van der Waals surface area contributed by atoms with Crippen molar-refractivity contribution in [3.8, 4) is 0 Å². The molecule has 2 N–H and O–H groups in total. The molecule has 0 bridgehead atoms. The van der Waals surface area contributed by atoms with E-state index in [1.165, 1.54) is 36.5 Å². The number of benzene rings is 2. The van der Waals surface area contributed by atoms with Crippen molar-refractivity contribution in [1.29, 1.82) is 0 Å². The van der Waals surface area contributed by atoms with Gasteiger partial charge in [0.15, 0.2) is 0 Å². The van der Waals surface area contributed by atoms with E-state index in [1.54, 1.807) is 11.9 Å². The zero-order chi connectivity index (χ0) is 20.1. The molecule has 142 valence electrons. The van der Waals surface area contributed by atoms with Crippen molar-refractivity contribution in [2.75, 3.05) is 17.3 Å². The Morgan fingerprint density at radius 1 is 1.11 bits per heavy atom. The van der Waals surface area contributed by atoms with E-state index in [2.05, 4.69) is 10.3 Å². The highest BCUT2D eigenvalue weighted by atomic mass is 19.1. The first kappa shape index (κ1) is 19.0. The maximum atomic E-state index is 13.0. The van der Waals surface area contributed by atoms with Crippen LogP contribution in [0.5, 0.6) is 0 Å². The maximum Gasteiger partial charge on any atom is 0.339 e. The minimum Gasteiger partial charge on any atom is -0.478 e. The highest BCUT2D eigenvalue weighted by Gasteiger charge is 2.17. The standard InChI is InChI=1S/C21H18FN3O3/c1-25(13-14-5-3-2-4-6-14)19-18(21(27)28)11-17(12-23-19)24-20(26)15-7-9-16(22)10-8-15/h2-12H,13H2,1H3,(H,24,26)(H,27,28). The number of anilines is 2.